The minimum Gasteiger partial charge on any atom is -0.329 e. The van der Waals surface area contributed by atoms with Crippen molar-refractivity contribution in [2.45, 2.75) is 17.4 Å². The number of hydrogen-bond acceptors (Lipinski definition) is 3. The minimum atomic E-state index is -3.51. The van der Waals surface area contributed by atoms with Crippen LogP contribution in [0.5, 0.6) is 0 Å². The van der Waals surface area contributed by atoms with Crippen LogP contribution in [-0.2, 0) is 16.4 Å². The highest BCUT2D eigenvalue weighted by Gasteiger charge is 2.35. The van der Waals surface area contributed by atoms with E-state index in [1.165, 1.54) is 9.87 Å². The average Bonchev–Trinajstić information content (AvgIpc) is 2.54. The van der Waals surface area contributed by atoms with Crippen molar-refractivity contribution < 1.29 is 8.42 Å². The average molecular weight is 339 g/mol. The second-order valence-electron chi connectivity index (χ2n) is 5.13. The summed E-state index contributed by atoms with van der Waals surface area (Å²) in [4.78, 5) is 0.322. The van der Waals surface area contributed by atoms with Gasteiger partial charge in [0.15, 0.2) is 0 Å². The summed E-state index contributed by atoms with van der Waals surface area (Å²) < 4.78 is 27.2. The van der Waals surface area contributed by atoms with E-state index in [9.17, 15) is 8.42 Å². The van der Waals surface area contributed by atoms with Crippen LogP contribution in [0.1, 0.15) is 17.2 Å². The molecule has 0 aromatic heterocycles. The van der Waals surface area contributed by atoms with E-state index in [-0.39, 0.29) is 25.0 Å². The number of sulfonamides is 1. The molecule has 0 radical (unpaired) electrons. The first-order chi connectivity index (χ1) is 10.1. The van der Waals surface area contributed by atoms with Gasteiger partial charge in [-0.15, -0.1) is 12.4 Å². The van der Waals surface area contributed by atoms with Crippen molar-refractivity contribution in [3.63, 3.8) is 0 Å². The smallest absolute Gasteiger partial charge is 0.243 e. The van der Waals surface area contributed by atoms with Crippen molar-refractivity contribution in [1.29, 1.82) is 0 Å². The summed E-state index contributed by atoms with van der Waals surface area (Å²) in [7, 11) is -3.51. The van der Waals surface area contributed by atoms with Crippen LogP contribution in [0.15, 0.2) is 59.5 Å². The molecule has 0 spiro atoms. The van der Waals surface area contributed by atoms with Gasteiger partial charge in [-0.2, -0.15) is 4.31 Å². The lowest BCUT2D eigenvalue weighted by atomic mass is 9.94. The number of hydrogen-bond donors (Lipinski definition) is 1. The summed E-state index contributed by atoms with van der Waals surface area (Å²) in [6, 6.07) is 16.2. The highest BCUT2D eigenvalue weighted by Crippen LogP contribution is 2.33. The Balaban J connectivity index is 0.00000176. The predicted octanol–water partition coefficient (Wildman–Crippen LogP) is 2.36. The van der Waals surface area contributed by atoms with E-state index >= 15 is 0 Å². The fourth-order valence-electron chi connectivity index (χ4n) is 2.89. The summed E-state index contributed by atoms with van der Waals surface area (Å²) in [6.45, 7) is 0.749. The second kappa shape index (κ2) is 6.79. The zero-order valence-corrected chi connectivity index (χ0v) is 13.7. The van der Waals surface area contributed by atoms with Gasteiger partial charge in [-0.05, 0) is 29.7 Å². The maximum atomic E-state index is 12.8. The Morgan fingerprint density at radius 3 is 2.36 bits per heavy atom. The van der Waals surface area contributed by atoms with Crippen molar-refractivity contribution in [3.8, 4) is 0 Å². The third-order valence-electron chi connectivity index (χ3n) is 3.94. The molecule has 0 fully saturated rings. The third kappa shape index (κ3) is 2.90. The molecule has 2 aromatic carbocycles. The van der Waals surface area contributed by atoms with Gasteiger partial charge >= 0.3 is 0 Å². The first-order valence-corrected chi connectivity index (χ1v) is 8.43. The fraction of sp³-hybridized carbons (Fsp3) is 0.250. The molecule has 1 unspecified atom stereocenters. The van der Waals surface area contributed by atoms with Gasteiger partial charge in [0.25, 0.3) is 0 Å². The first kappa shape index (κ1) is 17.0. The van der Waals surface area contributed by atoms with Crippen molar-refractivity contribution >= 4 is 22.4 Å². The van der Waals surface area contributed by atoms with Crippen molar-refractivity contribution in [2.75, 3.05) is 13.1 Å². The van der Waals surface area contributed by atoms with Crippen LogP contribution < -0.4 is 5.73 Å². The lowest BCUT2D eigenvalue weighted by Crippen LogP contribution is -2.43. The Morgan fingerprint density at radius 2 is 1.68 bits per heavy atom. The van der Waals surface area contributed by atoms with Crippen LogP contribution in [0.3, 0.4) is 0 Å². The molecule has 1 heterocycles. The van der Waals surface area contributed by atoms with E-state index in [0.717, 1.165) is 12.0 Å². The van der Waals surface area contributed by atoms with Crippen LogP contribution in [0.2, 0.25) is 0 Å². The lowest BCUT2D eigenvalue weighted by molar-refractivity contribution is 0.313. The topological polar surface area (TPSA) is 63.4 Å². The van der Waals surface area contributed by atoms with E-state index in [1.807, 2.05) is 30.3 Å². The van der Waals surface area contributed by atoms with Gasteiger partial charge in [0.1, 0.15) is 0 Å². The minimum absolute atomic E-state index is 0. The Labute approximate surface area is 137 Å². The normalized spacial score (nSPS) is 18.3. The van der Waals surface area contributed by atoms with Gasteiger partial charge in [0.05, 0.1) is 10.9 Å². The Hall–Kier alpha value is -1.40. The molecule has 0 saturated carbocycles. The zero-order chi connectivity index (χ0) is 14.9. The first-order valence-electron chi connectivity index (χ1n) is 6.99. The molecule has 0 aliphatic carbocycles. The highest BCUT2D eigenvalue weighted by atomic mass is 35.5. The molecule has 0 saturated heterocycles. The van der Waals surface area contributed by atoms with E-state index < -0.39 is 10.0 Å². The molecule has 118 valence electrons. The number of halogens is 1. The molecular formula is C16H19ClN2O2S. The van der Waals surface area contributed by atoms with Crippen molar-refractivity contribution in [1.82, 2.24) is 4.31 Å². The van der Waals surface area contributed by atoms with Crippen LogP contribution in [0.4, 0.5) is 0 Å². The molecule has 3 rings (SSSR count). The van der Waals surface area contributed by atoms with Gasteiger partial charge in [-0.3, -0.25) is 0 Å². The number of benzene rings is 2. The van der Waals surface area contributed by atoms with Crippen LogP contribution in [-0.4, -0.2) is 25.8 Å². The summed E-state index contributed by atoms with van der Waals surface area (Å²) >= 11 is 0. The van der Waals surface area contributed by atoms with Gasteiger partial charge in [-0.1, -0.05) is 42.5 Å². The zero-order valence-electron chi connectivity index (χ0n) is 12.1. The SMILES string of the molecule is Cl.NCC1c2ccccc2CCN1S(=O)(=O)c1ccccc1. The standard InChI is InChI=1S/C16H18N2O2S.ClH/c17-12-16-15-9-5-4-6-13(15)10-11-18(16)21(19,20)14-7-2-1-3-8-14;/h1-9,16H,10-12,17H2;1H. The molecule has 0 amide bonds. The Morgan fingerprint density at radius 1 is 1.05 bits per heavy atom. The van der Waals surface area contributed by atoms with Gasteiger partial charge < -0.3 is 5.73 Å². The van der Waals surface area contributed by atoms with Crippen LogP contribution in [0, 0.1) is 0 Å². The van der Waals surface area contributed by atoms with Gasteiger partial charge in [0.2, 0.25) is 10.0 Å². The Kier molecular flexibility index (Phi) is 5.24. The summed E-state index contributed by atoms with van der Waals surface area (Å²) in [6.07, 6.45) is 0.721. The number of fused-ring (bicyclic) bond motifs is 1. The highest BCUT2D eigenvalue weighted by molar-refractivity contribution is 7.89. The Bertz CT molecular complexity index is 735. The summed E-state index contributed by atoms with van der Waals surface area (Å²) in [5.74, 6) is 0. The maximum absolute atomic E-state index is 12.8. The summed E-state index contributed by atoms with van der Waals surface area (Å²) in [5.41, 5.74) is 8.08. The van der Waals surface area contributed by atoms with Gasteiger partial charge in [-0.25, -0.2) is 8.42 Å². The molecule has 1 atom stereocenters. The predicted molar refractivity (Wildman–Crippen MR) is 89.5 cm³/mol. The molecule has 2 N–H and O–H groups in total. The van der Waals surface area contributed by atoms with Gasteiger partial charge in [0, 0.05) is 13.1 Å². The molecule has 1 aliphatic rings. The molecule has 0 bridgehead atoms. The molecule has 4 nitrogen and oxygen atoms in total. The number of rotatable bonds is 3. The van der Waals surface area contributed by atoms with E-state index in [0.29, 0.717) is 11.4 Å². The molecule has 22 heavy (non-hydrogen) atoms. The monoisotopic (exact) mass is 338 g/mol. The molecular weight excluding hydrogens is 320 g/mol. The largest absolute Gasteiger partial charge is 0.329 e. The molecule has 1 aliphatic heterocycles. The van der Waals surface area contributed by atoms with Crippen molar-refractivity contribution in [3.05, 3.63) is 65.7 Å². The maximum Gasteiger partial charge on any atom is 0.243 e. The molecule has 2 aromatic rings. The third-order valence-corrected chi connectivity index (χ3v) is 5.86. The summed E-state index contributed by atoms with van der Waals surface area (Å²) in [5, 5.41) is 0. The lowest BCUT2D eigenvalue weighted by Gasteiger charge is -2.35. The van der Waals surface area contributed by atoms with Crippen LogP contribution in [0.25, 0.3) is 0 Å². The second-order valence-corrected chi connectivity index (χ2v) is 7.02. The quantitative estimate of drug-likeness (QED) is 0.934. The van der Waals surface area contributed by atoms with E-state index in [1.54, 1.807) is 24.3 Å². The number of nitrogens with zero attached hydrogens (tertiary/aromatic N) is 1. The fourth-order valence-corrected chi connectivity index (χ4v) is 4.53. The van der Waals surface area contributed by atoms with Crippen LogP contribution >= 0.6 is 12.4 Å². The molecule has 6 heteroatoms. The van der Waals surface area contributed by atoms with E-state index in [4.69, 9.17) is 5.73 Å². The number of nitrogens with two attached hydrogens (primary N) is 1. The van der Waals surface area contributed by atoms with E-state index in [2.05, 4.69) is 0 Å². The van der Waals surface area contributed by atoms with Crippen molar-refractivity contribution in [2.24, 2.45) is 5.73 Å².